The average molecular weight is 671 g/mol. The van der Waals surface area contributed by atoms with E-state index in [2.05, 4.69) is 10.2 Å². The maximum Gasteiger partial charge on any atom is 0.329 e. The molecule has 4 rings (SSSR count). The predicted molar refractivity (Wildman–Crippen MR) is 154 cm³/mol. The van der Waals surface area contributed by atoms with Gasteiger partial charge < -0.3 is 30.1 Å². The number of alkyl halides is 1. The molecule has 1 amide bonds. The Bertz CT molecular complexity index is 1340. The predicted octanol–water partition coefficient (Wildman–Crippen LogP) is 0.402. The zero-order valence-electron chi connectivity index (χ0n) is 26.5. The number of hydrogen-bond donors (Lipinski definition) is 6. The van der Waals surface area contributed by atoms with Crippen molar-refractivity contribution in [2.45, 2.75) is 95.2 Å². The molecule has 0 radical (unpaired) electrons. The zero-order valence-corrected chi connectivity index (χ0v) is 26.5. The highest BCUT2D eigenvalue weighted by atomic mass is 19.1. The lowest BCUT2D eigenvalue weighted by Crippen LogP contribution is -2.69. The number of hydrogen-bond acceptors (Lipinski definition) is 14. The second-order valence-electron chi connectivity index (χ2n) is 13.3. The summed E-state index contributed by atoms with van der Waals surface area (Å²) in [5.74, 6) is -5.72. The number of Topliss-reactive ketones (excluding diaryl/α,β-unsaturated/α-hetero) is 1. The molecule has 15 nitrogen and oxygen atoms in total. The van der Waals surface area contributed by atoms with Gasteiger partial charge in [-0.3, -0.25) is 34.4 Å². The number of ether oxygens (including phenoxy) is 2. The third-order valence-corrected chi connectivity index (χ3v) is 10.7. The van der Waals surface area contributed by atoms with Crippen LogP contribution in [0.4, 0.5) is 4.39 Å². The van der Waals surface area contributed by atoms with Crippen molar-refractivity contribution >= 4 is 29.4 Å². The lowest BCUT2D eigenvalue weighted by atomic mass is 9.44. The van der Waals surface area contributed by atoms with E-state index in [0.717, 1.165) is 6.92 Å². The van der Waals surface area contributed by atoms with Crippen molar-refractivity contribution in [3.63, 3.8) is 0 Å². The number of carbonyl (C=O) groups excluding carboxylic acids is 5. The van der Waals surface area contributed by atoms with Crippen LogP contribution in [0, 0.1) is 22.7 Å². The van der Waals surface area contributed by atoms with Crippen molar-refractivity contribution in [2.75, 3.05) is 19.8 Å². The van der Waals surface area contributed by atoms with Gasteiger partial charge in [0.15, 0.2) is 23.7 Å². The Morgan fingerprint density at radius 2 is 1.77 bits per heavy atom. The first-order valence-corrected chi connectivity index (χ1v) is 15.6. The Balaban J connectivity index is 1.42. The highest BCUT2D eigenvalue weighted by Gasteiger charge is 2.76. The molecule has 0 saturated heterocycles. The van der Waals surface area contributed by atoms with Crippen molar-refractivity contribution < 1.29 is 68.4 Å². The maximum absolute atomic E-state index is 17.3. The molecule has 0 bridgehead atoms. The second-order valence-corrected chi connectivity index (χ2v) is 13.3. The molecule has 0 aromatic rings. The summed E-state index contributed by atoms with van der Waals surface area (Å²) in [4.78, 5) is 66.8. The average Bonchev–Trinajstić information content (AvgIpc) is 3.19. The summed E-state index contributed by atoms with van der Waals surface area (Å²) in [6.45, 7) is 2.97. The van der Waals surface area contributed by atoms with E-state index in [4.69, 9.17) is 19.9 Å². The molecule has 6 N–H and O–H groups in total. The van der Waals surface area contributed by atoms with Crippen LogP contribution in [0.3, 0.4) is 0 Å². The minimum absolute atomic E-state index is 0.0910. The number of amides is 1. The number of ketones is 2. The molecule has 3 saturated carbocycles. The molecule has 0 aromatic heterocycles. The summed E-state index contributed by atoms with van der Waals surface area (Å²) in [5, 5.41) is 53.1. The van der Waals surface area contributed by atoms with Crippen LogP contribution in [-0.2, 0) is 38.3 Å². The van der Waals surface area contributed by atoms with Gasteiger partial charge in [-0.2, -0.15) is 0 Å². The fourth-order valence-corrected chi connectivity index (χ4v) is 8.27. The molecule has 4 aliphatic carbocycles. The van der Waals surface area contributed by atoms with E-state index in [-0.39, 0.29) is 44.7 Å². The minimum Gasteiger partial charge on any atom is -0.464 e. The van der Waals surface area contributed by atoms with Gasteiger partial charge in [0.2, 0.25) is 11.7 Å². The van der Waals surface area contributed by atoms with E-state index in [1.807, 2.05) is 0 Å². The number of allylic oxidation sites excluding steroid dienone is 4. The molecule has 3 fully saturated rings. The Labute approximate surface area is 270 Å². The first-order chi connectivity index (χ1) is 21.9. The summed E-state index contributed by atoms with van der Waals surface area (Å²) >= 11 is 0. The normalized spacial score (nSPS) is 36.5. The number of fused-ring (bicyclic) bond motifs is 5. The number of nitrogens with zero attached hydrogens (tertiary/aromatic N) is 1. The number of rotatable bonds is 13. The van der Waals surface area contributed by atoms with Gasteiger partial charge in [-0.15, -0.1) is 0 Å². The van der Waals surface area contributed by atoms with Crippen LogP contribution in [0.1, 0.15) is 65.7 Å². The molecule has 0 heterocycles. The fourth-order valence-electron chi connectivity index (χ4n) is 8.27. The van der Waals surface area contributed by atoms with E-state index in [9.17, 15) is 39.3 Å². The third kappa shape index (κ3) is 6.51. The Hall–Kier alpha value is -3.12. The largest absolute Gasteiger partial charge is 0.464 e. The van der Waals surface area contributed by atoms with Crippen LogP contribution < -0.4 is 5.32 Å². The minimum atomic E-state index is -2.52. The highest BCUT2D eigenvalue weighted by Crippen LogP contribution is 2.69. The molecule has 16 heteroatoms. The number of esters is 2. The summed E-state index contributed by atoms with van der Waals surface area (Å²) in [6.07, 6.45) is 0.562. The van der Waals surface area contributed by atoms with Crippen molar-refractivity contribution in [1.82, 2.24) is 10.7 Å². The Morgan fingerprint density at radius 3 is 2.43 bits per heavy atom. The molecule has 262 valence electrons. The summed E-state index contributed by atoms with van der Waals surface area (Å²) in [6, 6.07) is -1.47. The van der Waals surface area contributed by atoms with Crippen LogP contribution in [0.25, 0.3) is 0 Å². The molecule has 0 aromatic carbocycles. The zero-order chi connectivity index (χ0) is 34.9. The van der Waals surface area contributed by atoms with Crippen LogP contribution in [0.5, 0.6) is 0 Å². The number of nitrogens with one attached hydrogen (secondary N) is 1. The molecule has 4 aliphatic rings. The van der Waals surface area contributed by atoms with Crippen LogP contribution in [0.2, 0.25) is 0 Å². The lowest BCUT2D eigenvalue weighted by molar-refractivity contribution is -0.492. The van der Waals surface area contributed by atoms with Gasteiger partial charge in [0, 0.05) is 23.7 Å². The first-order valence-electron chi connectivity index (χ1n) is 15.6. The van der Waals surface area contributed by atoms with E-state index < -0.39 is 101 Å². The van der Waals surface area contributed by atoms with Gasteiger partial charge in [-0.1, -0.05) is 18.6 Å². The van der Waals surface area contributed by atoms with E-state index in [1.54, 1.807) is 6.92 Å². The van der Waals surface area contributed by atoms with Crippen LogP contribution in [-0.4, -0.2) is 110 Å². The van der Waals surface area contributed by atoms with Crippen molar-refractivity contribution in [3.8, 4) is 0 Å². The number of aliphatic hydroxyl groups is 3. The van der Waals surface area contributed by atoms with Gasteiger partial charge in [0.25, 0.3) is 0 Å². The number of unbranched alkanes of at least 4 members (excludes halogenated alkanes) is 1. The lowest BCUT2D eigenvalue weighted by Gasteiger charge is -2.62. The highest BCUT2D eigenvalue weighted by molar-refractivity contribution is 6.01. The number of aliphatic hydroxyl groups excluding tert-OH is 2. The molecule has 0 spiro atoms. The van der Waals surface area contributed by atoms with Crippen molar-refractivity contribution in [3.05, 3.63) is 23.8 Å². The molecule has 0 aliphatic heterocycles. The second kappa shape index (κ2) is 13.8. The SMILES string of the molecule is CC(=O)NC(CC(=O)OCC(=O)[C@@]1(O)[C@H](O)C[C@H]2[C@@H]3CCC4=CC(=O)C=C[C@]4(C)C3(F)[C@@H](O)C[C@@]21C)C(=O)OCCCCON(O)O. The Morgan fingerprint density at radius 1 is 1.09 bits per heavy atom. The molecular formula is C31H43FN2O13. The summed E-state index contributed by atoms with van der Waals surface area (Å²) in [7, 11) is 0. The maximum atomic E-state index is 17.3. The van der Waals surface area contributed by atoms with Gasteiger partial charge in [-0.05, 0) is 63.5 Å². The first kappa shape index (κ1) is 36.7. The van der Waals surface area contributed by atoms with E-state index in [0.29, 0.717) is 12.0 Å². The quantitative estimate of drug-likeness (QED) is 0.0886. The fraction of sp³-hybridized carbons (Fsp3) is 0.710. The van der Waals surface area contributed by atoms with Crippen molar-refractivity contribution in [1.29, 1.82) is 0 Å². The topological polar surface area (TPSA) is 229 Å². The third-order valence-electron chi connectivity index (χ3n) is 10.7. The number of halogens is 1. The van der Waals surface area contributed by atoms with Crippen LogP contribution in [0.15, 0.2) is 23.8 Å². The molecule has 9 atom stereocenters. The van der Waals surface area contributed by atoms with Gasteiger partial charge in [0.1, 0.15) is 6.04 Å². The Kier molecular flexibility index (Phi) is 10.8. The molecular weight excluding hydrogens is 627 g/mol. The summed E-state index contributed by atoms with van der Waals surface area (Å²) in [5.41, 5.74) is -7.03. The van der Waals surface area contributed by atoms with Gasteiger partial charge in [0.05, 0.1) is 37.2 Å². The van der Waals surface area contributed by atoms with Gasteiger partial charge >= 0.3 is 11.9 Å². The smallest absolute Gasteiger partial charge is 0.329 e. The van der Waals surface area contributed by atoms with E-state index in [1.165, 1.54) is 25.2 Å². The van der Waals surface area contributed by atoms with Gasteiger partial charge in [-0.25, -0.2) is 9.18 Å². The van der Waals surface area contributed by atoms with Crippen LogP contribution >= 0.6 is 0 Å². The standard InChI is InChI=1S/C31H43FN2O13/c1-17(35)33-22(27(41)45-10-4-5-11-47-34(43)44)14-26(40)46-16-25(39)31(42)23(37)13-21-20-7-6-18-12-19(36)8-9-28(18,2)30(20,32)24(38)15-29(21,31)3/h8-9,12,20-24,37-38,42-44H,4-7,10-11,13-16H2,1-3H3,(H,33,35)/t20-,21-,22?,23+,24-,28-,29-,30?,31-/m0/s1. The summed E-state index contributed by atoms with van der Waals surface area (Å²) < 4.78 is 27.4. The monoisotopic (exact) mass is 670 g/mol. The number of carbonyl (C=O) groups is 5. The molecule has 47 heavy (non-hydrogen) atoms. The molecule has 2 unspecified atom stereocenters. The van der Waals surface area contributed by atoms with Crippen molar-refractivity contribution in [2.24, 2.45) is 22.7 Å². The van der Waals surface area contributed by atoms with E-state index >= 15 is 4.39 Å².